The minimum absolute atomic E-state index is 0.0500. The predicted octanol–water partition coefficient (Wildman–Crippen LogP) is 1.95. The van der Waals surface area contributed by atoms with Crippen molar-refractivity contribution in [2.45, 2.75) is 26.7 Å². The molecular formula is C21H29N7O3. The molecule has 3 aromatic rings. The van der Waals surface area contributed by atoms with Crippen LogP contribution in [0.4, 0.5) is 5.69 Å². The van der Waals surface area contributed by atoms with Crippen LogP contribution >= 0.6 is 0 Å². The first kappa shape index (κ1) is 22.3. The number of aliphatic hydroxyl groups excluding tert-OH is 1. The summed E-state index contributed by atoms with van der Waals surface area (Å²) >= 11 is 0. The summed E-state index contributed by atoms with van der Waals surface area (Å²) < 4.78 is 7.44. The van der Waals surface area contributed by atoms with E-state index in [2.05, 4.69) is 15.4 Å². The predicted molar refractivity (Wildman–Crippen MR) is 121 cm³/mol. The number of aromatic nitrogens is 4. The van der Waals surface area contributed by atoms with Crippen LogP contribution in [0.15, 0.2) is 23.0 Å². The van der Waals surface area contributed by atoms with E-state index in [0.29, 0.717) is 53.4 Å². The molecule has 0 radical (unpaired) electrons. The first-order valence-electron chi connectivity index (χ1n) is 10.3. The third-order valence-corrected chi connectivity index (χ3v) is 4.87. The zero-order valence-corrected chi connectivity index (χ0v) is 18.3. The van der Waals surface area contributed by atoms with Crippen molar-refractivity contribution in [1.82, 2.24) is 24.6 Å². The SMILES string of the molecule is CCCOc1ccc(NC(=N)N(C)CCO)cc1-c1nc2c(CC)nn(C)c2c(=O)[nH]1. The molecule has 2 aromatic heterocycles. The third kappa shape index (κ3) is 4.69. The number of hydrogen-bond donors (Lipinski definition) is 4. The number of nitrogens with zero attached hydrogens (tertiary/aromatic N) is 4. The van der Waals surface area contributed by atoms with Gasteiger partial charge in [-0.15, -0.1) is 0 Å². The number of rotatable bonds is 8. The van der Waals surface area contributed by atoms with Gasteiger partial charge in [-0.1, -0.05) is 13.8 Å². The number of fused-ring (bicyclic) bond motifs is 1. The van der Waals surface area contributed by atoms with Gasteiger partial charge in [-0.2, -0.15) is 5.10 Å². The van der Waals surface area contributed by atoms with E-state index in [1.807, 2.05) is 13.8 Å². The number of hydrogen-bond acceptors (Lipinski definition) is 6. The molecule has 31 heavy (non-hydrogen) atoms. The number of anilines is 1. The molecular weight excluding hydrogens is 398 g/mol. The average Bonchev–Trinajstić information content (AvgIpc) is 3.08. The number of aromatic amines is 1. The van der Waals surface area contributed by atoms with Gasteiger partial charge in [0.2, 0.25) is 0 Å². The smallest absolute Gasteiger partial charge is 0.277 e. The Balaban J connectivity index is 2.09. The van der Waals surface area contributed by atoms with E-state index in [0.717, 1.165) is 12.1 Å². The van der Waals surface area contributed by atoms with E-state index in [1.165, 1.54) is 0 Å². The highest BCUT2D eigenvalue weighted by atomic mass is 16.5. The molecule has 0 fully saturated rings. The largest absolute Gasteiger partial charge is 0.493 e. The number of benzene rings is 1. The number of aliphatic hydroxyl groups is 1. The maximum absolute atomic E-state index is 12.8. The van der Waals surface area contributed by atoms with Crippen LogP contribution in [0.5, 0.6) is 5.75 Å². The van der Waals surface area contributed by atoms with Crippen LogP contribution < -0.4 is 15.6 Å². The maximum Gasteiger partial charge on any atom is 0.277 e. The lowest BCUT2D eigenvalue weighted by Crippen LogP contribution is -2.34. The summed E-state index contributed by atoms with van der Waals surface area (Å²) in [5.41, 5.74) is 2.73. The van der Waals surface area contributed by atoms with Crippen molar-refractivity contribution in [3.8, 4) is 17.1 Å². The van der Waals surface area contributed by atoms with E-state index < -0.39 is 0 Å². The quantitative estimate of drug-likeness (QED) is 0.319. The van der Waals surface area contributed by atoms with Crippen LogP contribution in [-0.4, -0.2) is 62.5 Å². The van der Waals surface area contributed by atoms with Gasteiger partial charge in [-0.05, 0) is 31.0 Å². The van der Waals surface area contributed by atoms with Crippen LogP contribution in [0.3, 0.4) is 0 Å². The van der Waals surface area contributed by atoms with Gasteiger partial charge < -0.3 is 25.0 Å². The highest BCUT2D eigenvalue weighted by Crippen LogP contribution is 2.31. The molecule has 0 spiro atoms. The highest BCUT2D eigenvalue weighted by Gasteiger charge is 2.18. The molecule has 0 bridgehead atoms. The van der Waals surface area contributed by atoms with E-state index in [1.54, 1.807) is 41.9 Å². The summed E-state index contributed by atoms with van der Waals surface area (Å²) in [7, 11) is 3.44. The molecule has 10 nitrogen and oxygen atoms in total. The van der Waals surface area contributed by atoms with Crippen molar-refractivity contribution < 1.29 is 9.84 Å². The number of aryl methyl sites for hydroxylation is 2. The lowest BCUT2D eigenvalue weighted by molar-refractivity contribution is 0.263. The molecule has 3 rings (SSSR count). The summed E-state index contributed by atoms with van der Waals surface area (Å²) in [6, 6.07) is 5.38. The van der Waals surface area contributed by atoms with E-state index in [9.17, 15) is 4.79 Å². The second-order valence-corrected chi connectivity index (χ2v) is 7.21. The van der Waals surface area contributed by atoms with E-state index in [4.69, 9.17) is 20.2 Å². The van der Waals surface area contributed by atoms with Gasteiger partial charge >= 0.3 is 0 Å². The van der Waals surface area contributed by atoms with Crippen molar-refractivity contribution >= 4 is 22.7 Å². The minimum atomic E-state index is -0.273. The number of ether oxygens (including phenoxy) is 1. The first-order chi connectivity index (χ1) is 14.9. The van der Waals surface area contributed by atoms with Crippen LogP contribution in [0.2, 0.25) is 0 Å². The normalized spacial score (nSPS) is 11.0. The van der Waals surface area contributed by atoms with Gasteiger partial charge in [0.1, 0.15) is 17.1 Å². The van der Waals surface area contributed by atoms with E-state index in [-0.39, 0.29) is 18.1 Å². The Labute approximate surface area is 180 Å². The summed E-state index contributed by atoms with van der Waals surface area (Å²) in [6.45, 7) is 4.80. The second kappa shape index (κ2) is 9.61. The molecule has 10 heteroatoms. The Morgan fingerprint density at radius 2 is 2.16 bits per heavy atom. The van der Waals surface area contributed by atoms with Crippen molar-refractivity contribution in [2.24, 2.45) is 7.05 Å². The molecule has 4 N–H and O–H groups in total. The maximum atomic E-state index is 12.8. The average molecular weight is 428 g/mol. The molecule has 166 valence electrons. The fourth-order valence-corrected chi connectivity index (χ4v) is 3.24. The summed E-state index contributed by atoms with van der Waals surface area (Å²) in [4.78, 5) is 21.9. The van der Waals surface area contributed by atoms with Crippen LogP contribution in [0.1, 0.15) is 26.0 Å². The van der Waals surface area contributed by atoms with E-state index >= 15 is 0 Å². The van der Waals surface area contributed by atoms with Gasteiger partial charge in [-0.25, -0.2) is 4.98 Å². The fraction of sp³-hybridized carbons (Fsp3) is 0.429. The lowest BCUT2D eigenvalue weighted by atomic mass is 10.1. The van der Waals surface area contributed by atoms with Gasteiger partial charge in [-0.3, -0.25) is 14.9 Å². The minimum Gasteiger partial charge on any atom is -0.493 e. The van der Waals surface area contributed by atoms with Gasteiger partial charge in [0.25, 0.3) is 5.56 Å². The highest BCUT2D eigenvalue weighted by molar-refractivity contribution is 5.92. The zero-order valence-electron chi connectivity index (χ0n) is 18.3. The van der Waals surface area contributed by atoms with Gasteiger partial charge in [0, 0.05) is 26.3 Å². The number of H-pyrrole nitrogens is 1. The zero-order chi connectivity index (χ0) is 22.5. The Kier molecular flexibility index (Phi) is 6.91. The van der Waals surface area contributed by atoms with Crippen molar-refractivity contribution in [3.05, 3.63) is 34.2 Å². The third-order valence-electron chi connectivity index (χ3n) is 4.87. The number of guanidine groups is 1. The topological polar surface area (TPSA) is 132 Å². The molecule has 0 saturated carbocycles. The van der Waals surface area contributed by atoms with Crippen LogP contribution in [0, 0.1) is 5.41 Å². The first-order valence-corrected chi connectivity index (χ1v) is 10.3. The van der Waals surface area contributed by atoms with Gasteiger partial charge in [0.05, 0.1) is 24.5 Å². The molecule has 2 heterocycles. The molecule has 0 aliphatic heterocycles. The molecule has 0 amide bonds. The standard InChI is InChI=1S/C21H29N7O3/c1-5-11-31-16-8-7-13(23-21(22)27(3)9-10-29)12-14(16)19-24-17-15(6-2)26-28(4)18(17)20(30)25-19/h7-8,12,29H,5-6,9-11H2,1-4H3,(H2,22,23)(H,24,25,30). The Morgan fingerprint density at radius 1 is 1.39 bits per heavy atom. The summed E-state index contributed by atoms with van der Waals surface area (Å²) in [5, 5.41) is 24.7. The molecule has 0 atom stereocenters. The van der Waals surface area contributed by atoms with Crippen molar-refractivity contribution in [1.29, 1.82) is 5.41 Å². The molecule has 0 saturated heterocycles. The molecule has 0 aliphatic carbocycles. The molecule has 0 unspecified atom stereocenters. The summed E-state index contributed by atoms with van der Waals surface area (Å²) in [6.07, 6.45) is 1.49. The molecule has 1 aromatic carbocycles. The van der Waals surface area contributed by atoms with Crippen LogP contribution in [0.25, 0.3) is 22.4 Å². The molecule has 0 aliphatic rings. The summed E-state index contributed by atoms with van der Waals surface area (Å²) in [5.74, 6) is 1.11. The number of likely N-dealkylation sites (N-methyl/N-ethyl adjacent to an activating group) is 1. The lowest BCUT2D eigenvalue weighted by Gasteiger charge is -2.20. The Hall–Kier alpha value is -3.40. The van der Waals surface area contributed by atoms with Crippen LogP contribution in [-0.2, 0) is 13.5 Å². The van der Waals surface area contributed by atoms with Gasteiger partial charge in [0.15, 0.2) is 11.5 Å². The Bertz CT molecular complexity index is 1140. The van der Waals surface area contributed by atoms with Crippen molar-refractivity contribution in [3.63, 3.8) is 0 Å². The second-order valence-electron chi connectivity index (χ2n) is 7.21. The fourth-order valence-electron chi connectivity index (χ4n) is 3.24. The number of nitrogens with one attached hydrogen (secondary N) is 3. The monoisotopic (exact) mass is 427 g/mol. The van der Waals surface area contributed by atoms with Crippen molar-refractivity contribution in [2.75, 3.05) is 32.1 Å². The Morgan fingerprint density at radius 3 is 2.84 bits per heavy atom.